The molecule has 2 aromatic carbocycles. The molecule has 0 fully saturated rings. The van der Waals surface area contributed by atoms with E-state index in [9.17, 15) is 4.39 Å². The Kier molecular flexibility index (Phi) is 6.87. The van der Waals surface area contributed by atoms with Crippen molar-refractivity contribution in [1.82, 2.24) is 14.8 Å². The van der Waals surface area contributed by atoms with Gasteiger partial charge < -0.3 is 9.30 Å². The largest absolute Gasteiger partial charge is 0.486 e. The lowest BCUT2D eigenvalue weighted by atomic mass is 10.1. The molecule has 27 heavy (non-hydrogen) atoms. The number of hydrogen-bond acceptors (Lipinski definition) is 4. The summed E-state index contributed by atoms with van der Waals surface area (Å²) in [7, 11) is 0. The maximum Gasteiger partial charge on any atom is 0.191 e. The first-order valence-electron chi connectivity index (χ1n) is 9.09. The molecular weight excluding hydrogens is 361 g/mol. The second-order valence-electron chi connectivity index (χ2n) is 6.71. The van der Waals surface area contributed by atoms with E-state index in [-0.39, 0.29) is 5.82 Å². The second-order valence-corrected chi connectivity index (χ2v) is 7.66. The smallest absolute Gasteiger partial charge is 0.191 e. The van der Waals surface area contributed by atoms with Gasteiger partial charge in [-0.1, -0.05) is 62.0 Å². The zero-order chi connectivity index (χ0) is 19.1. The maximum absolute atomic E-state index is 13.9. The van der Waals surface area contributed by atoms with Crippen molar-refractivity contribution in [3.63, 3.8) is 0 Å². The minimum absolute atomic E-state index is 0.189. The van der Waals surface area contributed by atoms with E-state index in [0.717, 1.165) is 29.7 Å². The van der Waals surface area contributed by atoms with Gasteiger partial charge in [0.05, 0.1) is 0 Å². The fourth-order valence-electron chi connectivity index (χ4n) is 2.57. The van der Waals surface area contributed by atoms with Crippen LogP contribution in [-0.4, -0.2) is 14.8 Å². The third kappa shape index (κ3) is 5.57. The molecule has 0 radical (unpaired) electrons. The molecule has 3 aromatic rings. The van der Waals surface area contributed by atoms with Crippen LogP contribution in [0.4, 0.5) is 4.39 Å². The van der Waals surface area contributed by atoms with Crippen LogP contribution in [-0.2, 0) is 18.9 Å². The Hall–Kier alpha value is -2.34. The van der Waals surface area contributed by atoms with Crippen LogP contribution in [0.25, 0.3) is 0 Å². The van der Waals surface area contributed by atoms with Gasteiger partial charge in [0.25, 0.3) is 0 Å². The van der Waals surface area contributed by atoms with Crippen LogP contribution in [0.15, 0.2) is 59.8 Å². The highest BCUT2D eigenvalue weighted by molar-refractivity contribution is 7.98. The molecule has 0 saturated carbocycles. The van der Waals surface area contributed by atoms with Gasteiger partial charge >= 0.3 is 0 Å². The number of rotatable bonds is 9. The van der Waals surface area contributed by atoms with E-state index in [4.69, 9.17) is 4.74 Å². The minimum Gasteiger partial charge on any atom is -0.486 e. The van der Waals surface area contributed by atoms with Gasteiger partial charge in [-0.3, -0.25) is 0 Å². The number of benzene rings is 2. The molecule has 4 nitrogen and oxygen atoms in total. The summed E-state index contributed by atoms with van der Waals surface area (Å²) in [5.74, 6) is 2.49. The molecule has 0 aliphatic rings. The standard InChI is InChI=1S/C21H24FN3OS/c1-16(2)12-13-25-20(14-26-18-9-4-3-5-10-18)23-24-21(25)27-15-17-8-6-7-11-19(17)22/h3-11,16H,12-15H2,1-2H3. The molecule has 0 aliphatic carbocycles. The predicted octanol–water partition coefficient (Wildman–Crippen LogP) is 5.33. The van der Waals surface area contributed by atoms with E-state index >= 15 is 0 Å². The molecule has 0 spiro atoms. The summed E-state index contributed by atoms with van der Waals surface area (Å²) in [6.45, 7) is 5.56. The molecule has 0 aliphatic heterocycles. The number of para-hydroxylation sites is 1. The summed E-state index contributed by atoms with van der Waals surface area (Å²) < 4.78 is 21.8. The minimum atomic E-state index is -0.189. The number of ether oxygens (including phenoxy) is 1. The quantitative estimate of drug-likeness (QED) is 0.467. The Labute approximate surface area is 163 Å². The number of thioether (sulfide) groups is 1. The summed E-state index contributed by atoms with van der Waals surface area (Å²) >= 11 is 1.50. The van der Waals surface area contributed by atoms with Crippen LogP contribution >= 0.6 is 11.8 Å². The molecule has 1 heterocycles. The van der Waals surface area contributed by atoms with Crippen molar-refractivity contribution in [3.05, 3.63) is 71.8 Å². The van der Waals surface area contributed by atoms with Gasteiger partial charge in [-0.05, 0) is 36.1 Å². The highest BCUT2D eigenvalue weighted by atomic mass is 32.2. The molecule has 3 rings (SSSR count). The van der Waals surface area contributed by atoms with E-state index < -0.39 is 0 Å². The van der Waals surface area contributed by atoms with Crippen LogP contribution in [0.3, 0.4) is 0 Å². The second kappa shape index (κ2) is 9.55. The number of halogens is 1. The molecular formula is C21H24FN3OS. The van der Waals surface area contributed by atoms with Gasteiger partial charge in [0.2, 0.25) is 0 Å². The average Bonchev–Trinajstić information content (AvgIpc) is 3.06. The highest BCUT2D eigenvalue weighted by Gasteiger charge is 2.14. The summed E-state index contributed by atoms with van der Waals surface area (Å²) in [5.41, 5.74) is 0.669. The zero-order valence-electron chi connectivity index (χ0n) is 15.6. The summed E-state index contributed by atoms with van der Waals surface area (Å²) in [6.07, 6.45) is 1.02. The molecule has 0 amide bonds. The fourth-order valence-corrected chi connectivity index (χ4v) is 3.54. The summed E-state index contributed by atoms with van der Waals surface area (Å²) in [5, 5.41) is 9.44. The summed E-state index contributed by atoms with van der Waals surface area (Å²) in [6, 6.07) is 16.5. The molecule has 0 N–H and O–H groups in total. The first kappa shape index (κ1) is 19.4. The first-order chi connectivity index (χ1) is 13.1. The van der Waals surface area contributed by atoms with Gasteiger partial charge in [-0.2, -0.15) is 0 Å². The third-order valence-electron chi connectivity index (χ3n) is 4.15. The van der Waals surface area contributed by atoms with Gasteiger partial charge in [-0.25, -0.2) is 4.39 Å². The molecule has 0 saturated heterocycles. The zero-order valence-corrected chi connectivity index (χ0v) is 16.5. The van der Waals surface area contributed by atoms with Crippen LogP contribution in [0, 0.1) is 11.7 Å². The third-order valence-corrected chi connectivity index (χ3v) is 5.16. The summed E-state index contributed by atoms with van der Waals surface area (Å²) in [4.78, 5) is 0. The fraction of sp³-hybridized carbons (Fsp3) is 0.333. The number of nitrogens with zero attached hydrogens (tertiary/aromatic N) is 3. The lowest BCUT2D eigenvalue weighted by molar-refractivity contribution is 0.285. The normalized spacial score (nSPS) is 11.1. The molecule has 0 bridgehead atoms. The van der Waals surface area contributed by atoms with Gasteiger partial charge in [0.15, 0.2) is 11.0 Å². The van der Waals surface area contributed by atoms with Crippen LogP contribution in [0.5, 0.6) is 5.75 Å². The van der Waals surface area contributed by atoms with Crippen LogP contribution < -0.4 is 4.74 Å². The molecule has 1 aromatic heterocycles. The van der Waals surface area contributed by atoms with Crippen molar-refractivity contribution >= 4 is 11.8 Å². The van der Waals surface area contributed by atoms with E-state index in [1.54, 1.807) is 12.1 Å². The van der Waals surface area contributed by atoms with Crippen molar-refractivity contribution in [1.29, 1.82) is 0 Å². The Balaban J connectivity index is 1.72. The average molecular weight is 386 g/mol. The van der Waals surface area contributed by atoms with Crippen LogP contribution in [0.1, 0.15) is 31.7 Å². The van der Waals surface area contributed by atoms with Gasteiger partial charge in [0, 0.05) is 12.3 Å². The lowest BCUT2D eigenvalue weighted by Gasteiger charge is -2.12. The van der Waals surface area contributed by atoms with Gasteiger partial charge in [0.1, 0.15) is 18.2 Å². The molecule has 0 atom stereocenters. The van der Waals surface area contributed by atoms with E-state index in [1.807, 2.05) is 36.4 Å². The predicted molar refractivity (Wildman–Crippen MR) is 106 cm³/mol. The van der Waals surface area contributed by atoms with Crippen molar-refractivity contribution in [2.45, 2.75) is 44.3 Å². The maximum atomic E-state index is 13.9. The Morgan fingerprint density at radius 2 is 1.78 bits per heavy atom. The van der Waals surface area contributed by atoms with E-state index in [1.165, 1.54) is 17.8 Å². The lowest BCUT2D eigenvalue weighted by Crippen LogP contribution is -2.10. The highest BCUT2D eigenvalue weighted by Crippen LogP contribution is 2.24. The molecule has 142 valence electrons. The van der Waals surface area contributed by atoms with Gasteiger partial charge in [-0.15, -0.1) is 10.2 Å². The van der Waals surface area contributed by atoms with Crippen molar-refractivity contribution in [3.8, 4) is 5.75 Å². The first-order valence-corrected chi connectivity index (χ1v) is 10.1. The SMILES string of the molecule is CC(C)CCn1c(COc2ccccc2)nnc1SCc1ccccc1F. The van der Waals surface area contributed by atoms with E-state index in [0.29, 0.717) is 23.8 Å². The Morgan fingerprint density at radius 1 is 1.04 bits per heavy atom. The number of aromatic nitrogens is 3. The van der Waals surface area contributed by atoms with Crippen molar-refractivity contribution < 1.29 is 9.13 Å². The Bertz CT molecular complexity index is 852. The molecule has 0 unspecified atom stereocenters. The molecule has 6 heteroatoms. The van der Waals surface area contributed by atoms with E-state index in [2.05, 4.69) is 28.6 Å². The number of hydrogen-bond donors (Lipinski definition) is 0. The van der Waals surface area contributed by atoms with Crippen LogP contribution in [0.2, 0.25) is 0 Å². The monoisotopic (exact) mass is 385 g/mol. The Morgan fingerprint density at radius 3 is 2.52 bits per heavy atom. The van der Waals surface area contributed by atoms with Crippen molar-refractivity contribution in [2.24, 2.45) is 5.92 Å². The van der Waals surface area contributed by atoms with Crippen molar-refractivity contribution in [2.75, 3.05) is 0 Å². The topological polar surface area (TPSA) is 39.9 Å².